The van der Waals surface area contributed by atoms with Crippen LogP contribution >= 0.6 is 0 Å². The van der Waals surface area contributed by atoms with Gasteiger partial charge in [-0.15, -0.1) is 0 Å². The second-order valence-corrected chi connectivity index (χ2v) is 4.19. The normalized spacial score (nSPS) is 10.1. The largest absolute Gasteiger partial charge is 0.478 e. The fourth-order valence-electron chi connectivity index (χ4n) is 1.86. The zero-order valence-electron chi connectivity index (χ0n) is 10.0. The van der Waals surface area contributed by atoms with Crippen LogP contribution in [-0.2, 0) is 6.42 Å². The number of carboxylic acid groups (broad SMARTS) is 2. The Labute approximate surface area is 109 Å². The molecule has 0 aliphatic rings. The van der Waals surface area contributed by atoms with Crippen molar-refractivity contribution in [2.24, 2.45) is 0 Å². The number of rotatable bonds is 4. The van der Waals surface area contributed by atoms with E-state index in [0.29, 0.717) is 6.42 Å². The molecule has 4 heteroatoms. The van der Waals surface area contributed by atoms with E-state index in [1.54, 1.807) is 24.3 Å². The molecule has 0 bridgehead atoms. The van der Waals surface area contributed by atoms with Gasteiger partial charge < -0.3 is 10.2 Å². The maximum atomic E-state index is 10.9. The summed E-state index contributed by atoms with van der Waals surface area (Å²) < 4.78 is 0. The fourth-order valence-corrected chi connectivity index (χ4v) is 1.86. The topological polar surface area (TPSA) is 74.6 Å². The Kier molecular flexibility index (Phi) is 3.61. The SMILES string of the molecule is O=C(O)c1cccc(Cc2cccc(C(=O)O)c2)c1. The Balaban J connectivity index is 2.26. The second kappa shape index (κ2) is 5.35. The zero-order valence-corrected chi connectivity index (χ0v) is 10.0. The van der Waals surface area contributed by atoms with Crippen LogP contribution in [0.1, 0.15) is 31.8 Å². The molecule has 19 heavy (non-hydrogen) atoms. The standard InChI is InChI=1S/C15H12O4/c16-14(17)12-5-1-3-10(8-12)7-11-4-2-6-13(9-11)15(18)19/h1-6,8-9H,7H2,(H,16,17)(H,18,19). The average molecular weight is 256 g/mol. The summed E-state index contributed by atoms with van der Waals surface area (Å²) in [7, 11) is 0. The first-order chi connectivity index (χ1) is 9.06. The van der Waals surface area contributed by atoms with Gasteiger partial charge in [-0.05, 0) is 41.8 Å². The minimum Gasteiger partial charge on any atom is -0.478 e. The predicted molar refractivity (Wildman–Crippen MR) is 69.6 cm³/mol. The van der Waals surface area contributed by atoms with Crippen molar-refractivity contribution in [1.82, 2.24) is 0 Å². The lowest BCUT2D eigenvalue weighted by Gasteiger charge is -2.04. The van der Waals surface area contributed by atoms with Gasteiger partial charge in [-0.3, -0.25) is 0 Å². The highest BCUT2D eigenvalue weighted by atomic mass is 16.4. The van der Waals surface area contributed by atoms with Crippen LogP contribution in [0.4, 0.5) is 0 Å². The molecule has 2 aromatic carbocycles. The molecule has 0 saturated heterocycles. The fraction of sp³-hybridized carbons (Fsp3) is 0.0667. The van der Waals surface area contributed by atoms with Crippen LogP contribution in [0, 0.1) is 0 Å². The molecule has 0 fully saturated rings. The molecule has 0 aromatic heterocycles. The molecule has 2 N–H and O–H groups in total. The first kappa shape index (κ1) is 12.8. The van der Waals surface area contributed by atoms with Crippen LogP contribution in [0.25, 0.3) is 0 Å². The molecule has 2 rings (SSSR count). The minimum atomic E-state index is -0.971. The number of carboxylic acids is 2. The smallest absolute Gasteiger partial charge is 0.335 e. The molecule has 0 aliphatic heterocycles. The zero-order chi connectivity index (χ0) is 13.8. The van der Waals surface area contributed by atoms with E-state index in [4.69, 9.17) is 10.2 Å². The van der Waals surface area contributed by atoms with Crippen molar-refractivity contribution in [3.05, 3.63) is 70.8 Å². The molecule has 0 radical (unpaired) electrons. The molecule has 0 aliphatic carbocycles. The number of carbonyl (C=O) groups is 2. The monoisotopic (exact) mass is 256 g/mol. The van der Waals surface area contributed by atoms with Crippen molar-refractivity contribution in [3.8, 4) is 0 Å². The quantitative estimate of drug-likeness (QED) is 0.881. The van der Waals surface area contributed by atoms with Gasteiger partial charge >= 0.3 is 11.9 Å². The number of aromatic carboxylic acids is 2. The lowest BCUT2D eigenvalue weighted by atomic mass is 10.0. The Morgan fingerprint density at radius 1 is 0.789 bits per heavy atom. The molecule has 4 nitrogen and oxygen atoms in total. The summed E-state index contributed by atoms with van der Waals surface area (Å²) in [4.78, 5) is 21.7. The lowest BCUT2D eigenvalue weighted by Crippen LogP contribution is -1.99. The second-order valence-electron chi connectivity index (χ2n) is 4.19. The van der Waals surface area contributed by atoms with Crippen molar-refractivity contribution in [1.29, 1.82) is 0 Å². The van der Waals surface area contributed by atoms with Gasteiger partial charge in [-0.1, -0.05) is 24.3 Å². The molecule has 96 valence electrons. The van der Waals surface area contributed by atoms with Crippen molar-refractivity contribution < 1.29 is 19.8 Å². The van der Waals surface area contributed by atoms with Crippen LogP contribution in [0.15, 0.2) is 48.5 Å². The Morgan fingerprint density at radius 2 is 1.21 bits per heavy atom. The number of benzene rings is 2. The minimum absolute atomic E-state index is 0.229. The molecule has 0 saturated carbocycles. The van der Waals surface area contributed by atoms with Gasteiger partial charge in [0.15, 0.2) is 0 Å². The van der Waals surface area contributed by atoms with E-state index in [1.165, 1.54) is 12.1 Å². The van der Waals surface area contributed by atoms with Crippen LogP contribution in [0.3, 0.4) is 0 Å². The van der Waals surface area contributed by atoms with Gasteiger partial charge in [0, 0.05) is 0 Å². The Hall–Kier alpha value is -2.62. The first-order valence-corrected chi connectivity index (χ1v) is 5.71. The third-order valence-corrected chi connectivity index (χ3v) is 2.76. The summed E-state index contributed by atoms with van der Waals surface area (Å²) in [5, 5.41) is 17.8. The van der Waals surface area contributed by atoms with Gasteiger partial charge in [-0.2, -0.15) is 0 Å². The molecular weight excluding hydrogens is 244 g/mol. The van der Waals surface area contributed by atoms with Gasteiger partial charge in [0.2, 0.25) is 0 Å². The summed E-state index contributed by atoms with van der Waals surface area (Å²) in [5.74, 6) is -1.94. The lowest BCUT2D eigenvalue weighted by molar-refractivity contribution is 0.0686. The molecule has 0 spiro atoms. The Morgan fingerprint density at radius 3 is 1.58 bits per heavy atom. The maximum absolute atomic E-state index is 10.9. The van der Waals surface area contributed by atoms with Crippen LogP contribution in [-0.4, -0.2) is 22.2 Å². The van der Waals surface area contributed by atoms with Gasteiger partial charge in [0.25, 0.3) is 0 Å². The van der Waals surface area contributed by atoms with E-state index >= 15 is 0 Å². The van der Waals surface area contributed by atoms with E-state index in [9.17, 15) is 9.59 Å². The molecule has 0 unspecified atom stereocenters. The molecule has 0 atom stereocenters. The molecule has 0 amide bonds. The third-order valence-electron chi connectivity index (χ3n) is 2.76. The third kappa shape index (κ3) is 3.19. The summed E-state index contributed by atoms with van der Waals surface area (Å²) in [5.41, 5.74) is 2.13. The number of hydrogen-bond donors (Lipinski definition) is 2. The predicted octanol–water partition coefficient (Wildman–Crippen LogP) is 2.67. The van der Waals surface area contributed by atoms with E-state index in [2.05, 4.69) is 0 Å². The van der Waals surface area contributed by atoms with Crippen molar-refractivity contribution in [2.75, 3.05) is 0 Å². The van der Waals surface area contributed by atoms with Crippen molar-refractivity contribution in [2.45, 2.75) is 6.42 Å². The highest BCUT2D eigenvalue weighted by Crippen LogP contribution is 2.13. The summed E-state index contributed by atoms with van der Waals surface area (Å²) in [6.45, 7) is 0. The highest BCUT2D eigenvalue weighted by Gasteiger charge is 2.06. The van der Waals surface area contributed by atoms with E-state index in [1.807, 2.05) is 12.1 Å². The van der Waals surface area contributed by atoms with Crippen LogP contribution < -0.4 is 0 Å². The molecule has 2 aromatic rings. The van der Waals surface area contributed by atoms with Gasteiger partial charge in [-0.25, -0.2) is 9.59 Å². The van der Waals surface area contributed by atoms with E-state index in [-0.39, 0.29) is 11.1 Å². The van der Waals surface area contributed by atoms with E-state index in [0.717, 1.165) is 11.1 Å². The number of hydrogen-bond acceptors (Lipinski definition) is 2. The van der Waals surface area contributed by atoms with Gasteiger partial charge in [0.1, 0.15) is 0 Å². The first-order valence-electron chi connectivity index (χ1n) is 5.71. The van der Waals surface area contributed by atoms with Crippen molar-refractivity contribution in [3.63, 3.8) is 0 Å². The molecule has 0 heterocycles. The van der Waals surface area contributed by atoms with Crippen molar-refractivity contribution >= 4 is 11.9 Å². The highest BCUT2D eigenvalue weighted by molar-refractivity contribution is 5.88. The van der Waals surface area contributed by atoms with Crippen LogP contribution in [0.5, 0.6) is 0 Å². The Bertz CT molecular complexity index is 576. The summed E-state index contributed by atoms with van der Waals surface area (Å²) in [6, 6.07) is 13.2. The molecular formula is C15H12O4. The van der Waals surface area contributed by atoms with E-state index < -0.39 is 11.9 Å². The maximum Gasteiger partial charge on any atom is 0.335 e. The summed E-state index contributed by atoms with van der Waals surface area (Å²) >= 11 is 0. The summed E-state index contributed by atoms with van der Waals surface area (Å²) in [6.07, 6.45) is 0.502. The average Bonchev–Trinajstić information content (AvgIpc) is 2.39. The van der Waals surface area contributed by atoms with Crippen LogP contribution in [0.2, 0.25) is 0 Å². The van der Waals surface area contributed by atoms with Gasteiger partial charge in [0.05, 0.1) is 11.1 Å².